The van der Waals surface area contributed by atoms with Crippen molar-refractivity contribution in [3.05, 3.63) is 47.9 Å². The fourth-order valence-electron chi connectivity index (χ4n) is 2.21. The van der Waals surface area contributed by atoms with Crippen molar-refractivity contribution < 1.29 is 18.4 Å². The number of Topliss-reactive ketones (excluding diaryl/α,β-unsaturated/α-hetero) is 1. The molecule has 0 fully saturated rings. The van der Waals surface area contributed by atoms with E-state index in [1.54, 1.807) is 50.4 Å². The number of furan rings is 1. The van der Waals surface area contributed by atoms with E-state index in [4.69, 9.17) is 8.83 Å². The number of ketones is 1. The Labute approximate surface area is 154 Å². The molecule has 2 aromatic heterocycles. The van der Waals surface area contributed by atoms with Crippen LogP contribution in [-0.4, -0.2) is 27.1 Å². The zero-order chi connectivity index (χ0) is 18.7. The van der Waals surface area contributed by atoms with Crippen LogP contribution in [-0.2, 0) is 4.79 Å². The zero-order valence-electron chi connectivity index (χ0n) is 14.5. The molecule has 1 amide bonds. The van der Waals surface area contributed by atoms with Gasteiger partial charge in [0.05, 0.1) is 17.1 Å². The van der Waals surface area contributed by atoms with Gasteiger partial charge in [-0.1, -0.05) is 11.8 Å². The Balaban J connectivity index is 1.61. The maximum Gasteiger partial charge on any atom is 0.277 e. The Morgan fingerprint density at radius 2 is 1.88 bits per heavy atom. The van der Waals surface area contributed by atoms with E-state index in [9.17, 15) is 9.59 Å². The van der Waals surface area contributed by atoms with E-state index in [0.717, 1.165) is 5.56 Å². The molecule has 0 radical (unpaired) electrons. The normalized spacial score (nSPS) is 12.0. The third-order valence-corrected chi connectivity index (χ3v) is 4.64. The topological polar surface area (TPSA) is 98.2 Å². The van der Waals surface area contributed by atoms with Crippen molar-refractivity contribution in [2.75, 3.05) is 5.32 Å². The van der Waals surface area contributed by atoms with Crippen molar-refractivity contribution in [1.29, 1.82) is 0 Å². The van der Waals surface area contributed by atoms with Gasteiger partial charge in [0.15, 0.2) is 5.78 Å². The number of nitrogens with one attached hydrogen (secondary N) is 1. The van der Waals surface area contributed by atoms with E-state index in [0.29, 0.717) is 28.1 Å². The first-order chi connectivity index (χ1) is 12.4. The highest BCUT2D eigenvalue weighted by Crippen LogP contribution is 2.28. The number of aryl methyl sites for hydroxylation is 1. The van der Waals surface area contributed by atoms with Gasteiger partial charge < -0.3 is 14.2 Å². The molecule has 1 aromatic carbocycles. The Bertz CT molecular complexity index is 930. The SMILES string of the molecule is CC(=O)c1ccc(NC(=O)[C@H](C)Sc2nnc(-c3ccoc3C)o2)cc1. The van der Waals surface area contributed by atoms with Crippen LogP contribution in [0.25, 0.3) is 11.5 Å². The number of carbonyl (C=O) groups is 2. The van der Waals surface area contributed by atoms with Gasteiger partial charge in [0.25, 0.3) is 11.1 Å². The average molecular weight is 371 g/mol. The van der Waals surface area contributed by atoms with Gasteiger partial charge in [-0.15, -0.1) is 10.2 Å². The minimum absolute atomic E-state index is 0.0214. The van der Waals surface area contributed by atoms with Gasteiger partial charge in [-0.3, -0.25) is 9.59 Å². The van der Waals surface area contributed by atoms with Gasteiger partial charge in [-0.2, -0.15) is 0 Å². The minimum Gasteiger partial charge on any atom is -0.469 e. The molecule has 0 aliphatic carbocycles. The molecule has 3 aromatic rings. The number of nitrogens with zero attached hydrogens (tertiary/aromatic N) is 2. The average Bonchev–Trinajstić information content (AvgIpc) is 3.23. The number of carbonyl (C=O) groups excluding carboxylic acids is 2. The summed E-state index contributed by atoms with van der Waals surface area (Å²) in [5, 5.41) is 10.6. The lowest BCUT2D eigenvalue weighted by Gasteiger charge is -2.10. The van der Waals surface area contributed by atoms with Gasteiger partial charge in [0.1, 0.15) is 5.76 Å². The molecular formula is C18H17N3O4S. The molecule has 0 spiro atoms. The summed E-state index contributed by atoms with van der Waals surface area (Å²) in [5.41, 5.74) is 1.94. The fourth-order valence-corrected chi connectivity index (χ4v) is 2.89. The molecule has 8 heteroatoms. The predicted molar refractivity (Wildman–Crippen MR) is 97.1 cm³/mol. The van der Waals surface area contributed by atoms with Crippen LogP contribution >= 0.6 is 11.8 Å². The number of aromatic nitrogens is 2. The number of amides is 1. The second-order valence-electron chi connectivity index (χ2n) is 5.65. The summed E-state index contributed by atoms with van der Waals surface area (Å²) >= 11 is 1.17. The number of hydrogen-bond donors (Lipinski definition) is 1. The van der Waals surface area contributed by atoms with Gasteiger partial charge in [0, 0.05) is 11.3 Å². The molecule has 3 rings (SSSR count). The van der Waals surface area contributed by atoms with Gasteiger partial charge in [0.2, 0.25) is 5.91 Å². The number of thioether (sulfide) groups is 1. The van der Waals surface area contributed by atoms with E-state index >= 15 is 0 Å². The van der Waals surface area contributed by atoms with Crippen LogP contribution in [0.1, 0.15) is 30.0 Å². The molecule has 0 aliphatic rings. The van der Waals surface area contributed by atoms with Crippen LogP contribution in [0.5, 0.6) is 0 Å². The molecular weight excluding hydrogens is 354 g/mol. The molecule has 134 valence electrons. The predicted octanol–water partition coefficient (Wildman–Crippen LogP) is 3.96. The quantitative estimate of drug-likeness (QED) is 0.517. The van der Waals surface area contributed by atoms with Gasteiger partial charge in [-0.25, -0.2) is 0 Å². The van der Waals surface area contributed by atoms with E-state index in [1.165, 1.54) is 18.7 Å². The number of hydrogen-bond acceptors (Lipinski definition) is 7. The van der Waals surface area contributed by atoms with Gasteiger partial charge >= 0.3 is 0 Å². The van der Waals surface area contributed by atoms with Crippen LogP contribution in [0.4, 0.5) is 5.69 Å². The van der Waals surface area contributed by atoms with E-state index < -0.39 is 5.25 Å². The molecule has 0 aliphatic heterocycles. The summed E-state index contributed by atoms with van der Waals surface area (Å²) < 4.78 is 10.8. The molecule has 0 bridgehead atoms. The summed E-state index contributed by atoms with van der Waals surface area (Å²) in [5.74, 6) is 0.813. The maximum absolute atomic E-state index is 12.3. The van der Waals surface area contributed by atoms with Crippen molar-refractivity contribution in [2.24, 2.45) is 0 Å². The Hall–Kier alpha value is -2.87. The smallest absolute Gasteiger partial charge is 0.277 e. The van der Waals surface area contributed by atoms with E-state index in [1.807, 2.05) is 0 Å². The standard InChI is InChI=1S/C18H17N3O4S/c1-10(22)13-4-6-14(7-5-13)19-16(23)12(3)26-18-21-20-17(25-18)15-8-9-24-11(15)2/h4-9,12H,1-3H3,(H,19,23)/t12-/m0/s1. The minimum atomic E-state index is -0.443. The second kappa shape index (κ2) is 7.57. The summed E-state index contributed by atoms with van der Waals surface area (Å²) in [7, 11) is 0. The van der Waals surface area contributed by atoms with E-state index in [-0.39, 0.29) is 11.7 Å². The van der Waals surface area contributed by atoms with Crippen LogP contribution in [0.2, 0.25) is 0 Å². The molecule has 0 saturated heterocycles. The highest BCUT2D eigenvalue weighted by atomic mass is 32.2. The van der Waals surface area contributed by atoms with Crippen LogP contribution < -0.4 is 5.32 Å². The lowest BCUT2D eigenvalue weighted by Crippen LogP contribution is -2.22. The molecule has 1 atom stereocenters. The third-order valence-electron chi connectivity index (χ3n) is 3.70. The van der Waals surface area contributed by atoms with Crippen molar-refractivity contribution in [3.63, 3.8) is 0 Å². The summed E-state index contributed by atoms with van der Waals surface area (Å²) in [4.78, 5) is 23.6. The zero-order valence-corrected chi connectivity index (χ0v) is 15.3. The van der Waals surface area contributed by atoms with Gasteiger partial charge in [-0.05, 0) is 51.1 Å². The van der Waals surface area contributed by atoms with Crippen molar-refractivity contribution in [3.8, 4) is 11.5 Å². The summed E-state index contributed by atoms with van der Waals surface area (Å²) in [6, 6.07) is 8.48. The highest BCUT2D eigenvalue weighted by Gasteiger charge is 2.20. The largest absolute Gasteiger partial charge is 0.469 e. The third kappa shape index (κ3) is 4.02. The fraction of sp³-hybridized carbons (Fsp3) is 0.222. The Morgan fingerprint density at radius 3 is 2.50 bits per heavy atom. The first kappa shape index (κ1) is 17.9. The molecule has 2 heterocycles. The number of benzene rings is 1. The molecule has 0 saturated carbocycles. The second-order valence-corrected chi connectivity index (χ2v) is 6.94. The Morgan fingerprint density at radius 1 is 1.15 bits per heavy atom. The van der Waals surface area contributed by atoms with E-state index in [2.05, 4.69) is 15.5 Å². The molecule has 1 N–H and O–H groups in total. The maximum atomic E-state index is 12.3. The molecule has 0 unspecified atom stereocenters. The number of anilines is 1. The lowest BCUT2D eigenvalue weighted by atomic mass is 10.1. The summed E-state index contributed by atoms with van der Waals surface area (Å²) in [6.45, 7) is 5.05. The lowest BCUT2D eigenvalue weighted by molar-refractivity contribution is -0.115. The number of rotatable bonds is 6. The van der Waals surface area contributed by atoms with Crippen LogP contribution in [0.3, 0.4) is 0 Å². The van der Waals surface area contributed by atoms with Crippen molar-refractivity contribution in [1.82, 2.24) is 10.2 Å². The molecule has 7 nitrogen and oxygen atoms in total. The van der Waals surface area contributed by atoms with Crippen molar-refractivity contribution >= 4 is 29.1 Å². The Kier molecular flexibility index (Phi) is 5.22. The first-order valence-corrected chi connectivity index (χ1v) is 8.78. The van der Waals surface area contributed by atoms with Crippen LogP contribution in [0, 0.1) is 6.92 Å². The van der Waals surface area contributed by atoms with Crippen molar-refractivity contribution in [2.45, 2.75) is 31.2 Å². The summed E-state index contributed by atoms with van der Waals surface area (Å²) in [6.07, 6.45) is 1.55. The monoisotopic (exact) mass is 371 g/mol. The molecule has 26 heavy (non-hydrogen) atoms. The first-order valence-electron chi connectivity index (χ1n) is 7.90. The highest BCUT2D eigenvalue weighted by molar-refractivity contribution is 8.00. The van der Waals surface area contributed by atoms with Crippen LogP contribution in [0.15, 0.2) is 50.7 Å².